The third kappa shape index (κ3) is 4.26. The van der Waals surface area contributed by atoms with Gasteiger partial charge in [0.1, 0.15) is 5.82 Å². The molecule has 1 fully saturated rings. The summed E-state index contributed by atoms with van der Waals surface area (Å²) in [7, 11) is 0. The Balaban J connectivity index is 2.05. The van der Waals surface area contributed by atoms with Gasteiger partial charge in [0.2, 0.25) is 0 Å². The molecule has 106 valence electrons. The Bertz CT molecular complexity index is 414. The number of aromatic nitrogens is 1. The molecule has 1 N–H and O–H groups in total. The number of hydrogen-bond acceptors (Lipinski definition) is 4. The van der Waals surface area contributed by atoms with Crippen LogP contribution in [0.2, 0.25) is 5.02 Å². The Hall–Kier alpha value is -0.450. The minimum absolute atomic E-state index is 0.601. The molecule has 1 aliphatic rings. The molecule has 1 atom stereocenters. The Labute approximate surface area is 125 Å². The van der Waals surface area contributed by atoms with Crippen molar-refractivity contribution in [3.8, 4) is 0 Å². The van der Waals surface area contributed by atoms with Gasteiger partial charge in [-0.25, -0.2) is 4.98 Å². The third-order valence-corrected chi connectivity index (χ3v) is 4.87. The highest BCUT2D eigenvalue weighted by Crippen LogP contribution is 2.22. The van der Waals surface area contributed by atoms with E-state index < -0.39 is 0 Å². The highest BCUT2D eigenvalue weighted by Gasteiger charge is 2.20. The van der Waals surface area contributed by atoms with Gasteiger partial charge in [0.05, 0.1) is 10.7 Å². The molecule has 0 aliphatic carbocycles. The van der Waals surface area contributed by atoms with Crippen LogP contribution >= 0.6 is 23.4 Å². The molecule has 1 aromatic rings. The number of hydrogen-bond donors (Lipinski definition) is 1. The molecule has 0 saturated carbocycles. The summed E-state index contributed by atoms with van der Waals surface area (Å²) < 4.78 is 0. The van der Waals surface area contributed by atoms with Crippen molar-refractivity contribution in [2.45, 2.75) is 32.9 Å². The van der Waals surface area contributed by atoms with Crippen molar-refractivity contribution in [1.82, 2.24) is 9.88 Å². The highest BCUT2D eigenvalue weighted by atomic mass is 35.5. The SMILES string of the molecule is CCCNc1ccc(Cl)c(CN2CCSCC2C)n1. The van der Waals surface area contributed by atoms with Crippen molar-refractivity contribution in [3.05, 3.63) is 22.8 Å². The van der Waals surface area contributed by atoms with Crippen molar-refractivity contribution >= 4 is 29.2 Å². The van der Waals surface area contributed by atoms with E-state index >= 15 is 0 Å². The van der Waals surface area contributed by atoms with E-state index in [4.69, 9.17) is 11.6 Å². The van der Waals surface area contributed by atoms with Crippen LogP contribution in [0, 0.1) is 0 Å². The van der Waals surface area contributed by atoms with Gasteiger partial charge in [-0.05, 0) is 25.5 Å². The Kier molecular flexibility index (Phi) is 5.79. The van der Waals surface area contributed by atoms with Crippen LogP contribution in [0.1, 0.15) is 26.0 Å². The maximum absolute atomic E-state index is 6.28. The molecule has 0 spiro atoms. The molecule has 1 unspecified atom stereocenters. The molecule has 2 rings (SSSR count). The second-order valence-electron chi connectivity index (χ2n) is 4.95. The molecular formula is C14H22ClN3S. The van der Waals surface area contributed by atoms with Crippen LogP contribution in [0.4, 0.5) is 5.82 Å². The lowest BCUT2D eigenvalue weighted by molar-refractivity contribution is 0.221. The quantitative estimate of drug-likeness (QED) is 0.901. The minimum atomic E-state index is 0.601. The number of rotatable bonds is 5. The fourth-order valence-corrected chi connectivity index (χ4v) is 3.38. The summed E-state index contributed by atoms with van der Waals surface area (Å²) in [6.45, 7) is 7.35. The molecule has 0 amide bonds. The molecule has 19 heavy (non-hydrogen) atoms. The molecule has 1 aliphatic heterocycles. The lowest BCUT2D eigenvalue weighted by Gasteiger charge is -2.32. The second kappa shape index (κ2) is 7.36. The average Bonchev–Trinajstić information content (AvgIpc) is 2.42. The van der Waals surface area contributed by atoms with Crippen molar-refractivity contribution in [2.24, 2.45) is 0 Å². The smallest absolute Gasteiger partial charge is 0.126 e. The lowest BCUT2D eigenvalue weighted by Crippen LogP contribution is -2.39. The van der Waals surface area contributed by atoms with Gasteiger partial charge in [0.25, 0.3) is 0 Å². The number of nitrogens with one attached hydrogen (secondary N) is 1. The van der Waals surface area contributed by atoms with Crippen LogP contribution in [0.25, 0.3) is 0 Å². The molecular weight excluding hydrogens is 278 g/mol. The van der Waals surface area contributed by atoms with E-state index in [0.717, 1.165) is 42.6 Å². The van der Waals surface area contributed by atoms with Crippen molar-refractivity contribution in [3.63, 3.8) is 0 Å². The average molecular weight is 300 g/mol. The summed E-state index contributed by atoms with van der Waals surface area (Å²) in [6.07, 6.45) is 1.10. The van der Waals surface area contributed by atoms with Gasteiger partial charge in [-0.1, -0.05) is 18.5 Å². The summed E-state index contributed by atoms with van der Waals surface area (Å²) >= 11 is 8.30. The number of thioether (sulfide) groups is 1. The second-order valence-corrected chi connectivity index (χ2v) is 6.50. The van der Waals surface area contributed by atoms with E-state index in [1.165, 1.54) is 11.5 Å². The predicted octanol–water partition coefficient (Wildman–Crippen LogP) is 3.49. The Morgan fingerprint density at radius 2 is 2.37 bits per heavy atom. The fourth-order valence-electron chi connectivity index (χ4n) is 2.14. The van der Waals surface area contributed by atoms with Crippen LogP contribution in [-0.4, -0.2) is 40.5 Å². The lowest BCUT2D eigenvalue weighted by atomic mass is 10.2. The molecule has 3 nitrogen and oxygen atoms in total. The first-order valence-corrected chi connectivity index (χ1v) is 8.45. The van der Waals surface area contributed by atoms with Gasteiger partial charge >= 0.3 is 0 Å². The molecule has 0 bridgehead atoms. The topological polar surface area (TPSA) is 28.2 Å². The number of nitrogens with zero attached hydrogens (tertiary/aromatic N) is 2. The van der Waals surface area contributed by atoms with Crippen molar-refractivity contribution < 1.29 is 0 Å². The first-order valence-electron chi connectivity index (χ1n) is 6.91. The highest BCUT2D eigenvalue weighted by molar-refractivity contribution is 7.99. The van der Waals surface area contributed by atoms with E-state index in [2.05, 4.69) is 29.0 Å². The van der Waals surface area contributed by atoms with Crippen LogP contribution in [0.5, 0.6) is 0 Å². The van der Waals surface area contributed by atoms with Crippen LogP contribution in [-0.2, 0) is 6.54 Å². The zero-order valence-electron chi connectivity index (χ0n) is 11.7. The number of pyridine rings is 1. The van der Waals surface area contributed by atoms with Crippen LogP contribution in [0.3, 0.4) is 0 Å². The molecule has 5 heteroatoms. The summed E-state index contributed by atoms with van der Waals surface area (Å²) in [5.74, 6) is 3.33. The van der Waals surface area contributed by atoms with Gasteiger partial charge in [-0.15, -0.1) is 0 Å². The van der Waals surface area contributed by atoms with E-state index in [-0.39, 0.29) is 0 Å². The summed E-state index contributed by atoms with van der Waals surface area (Å²) in [5.41, 5.74) is 0.988. The maximum Gasteiger partial charge on any atom is 0.126 e. The van der Waals surface area contributed by atoms with E-state index in [1.807, 2.05) is 23.9 Å². The molecule has 0 aromatic carbocycles. The number of halogens is 1. The third-order valence-electron chi connectivity index (χ3n) is 3.33. The first kappa shape index (κ1) is 14.9. The summed E-state index contributed by atoms with van der Waals surface area (Å²) in [6, 6.07) is 4.51. The maximum atomic E-state index is 6.28. The van der Waals surface area contributed by atoms with E-state index in [0.29, 0.717) is 6.04 Å². The van der Waals surface area contributed by atoms with Gasteiger partial charge in [-0.2, -0.15) is 11.8 Å². The zero-order valence-corrected chi connectivity index (χ0v) is 13.2. The zero-order chi connectivity index (χ0) is 13.7. The van der Waals surface area contributed by atoms with Crippen molar-refractivity contribution in [1.29, 1.82) is 0 Å². The summed E-state index contributed by atoms with van der Waals surface area (Å²) in [5, 5.41) is 4.09. The van der Waals surface area contributed by atoms with Crippen LogP contribution < -0.4 is 5.32 Å². The fraction of sp³-hybridized carbons (Fsp3) is 0.643. The van der Waals surface area contributed by atoms with Crippen molar-refractivity contribution in [2.75, 3.05) is 29.9 Å². The summed E-state index contributed by atoms with van der Waals surface area (Å²) in [4.78, 5) is 7.11. The normalized spacial score (nSPS) is 20.5. The largest absolute Gasteiger partial charge is 0.370 e. The van der Waals surface area contributed by atoms with Gasteiger partial charge in [-0.3, -0.25) is 4.90 Å². The van der Waals surface area contributed by atoms with Gasteiger partial charge < -0.3 is 5.32 Å². The first-order chi connectivity index (χ1) is 9.20. The Morgan fingerprint density at radius 1 is 1.53 bits per heavy atom. The van der Waals surface area contributed by atoms with Gasteiger partial charge in [0, 0.05) is 37.2 Å². The molecule has 1 aromatic heterocycles. The van der Waals surface area contributed by atoms with E-state index in [1.54, 1.807) is 0 Å². The monoisotopic (exact) mass is 299 g/mol. The molecule has 2 heterocycles. The number of anilines is 1. The van der Waals surface area contributed by atoms with Gasteiger partial charge in [0.15, 0.2) is 0 Å². The molecule has 0 radical (unpaired) electrons. The standard InChI is InChI=1S/C14H22ClN3S/c1-3-6-16-14-5-4-12(15)13(17-14)9-18-7-8-19-10-11(18)2/h4-5,11H,3,6-10H2,1-2H3,(H,16,17). The predicted molar refractivity (Wildman–Crippen MR) is 85.2 cm³/mol. The van der Waals surface area contributed by atoms with Crippen LogP contribution in [0.15, 0.2) is 12.1 Å². The van der Waals surface area contributed by atoms with E-state index in [9.17, 15) is 0 Å². The minimum Gasteiger partial charge on any atom is -0.370 e. The Morgan fingerprint density at radius 3 is 3.11 bits per heavy atom. The molecule has 1 saturated heterocycles.